The highest BCUT2D eigenvalue weighted by Crippen LogP contribution is 2.44. The summed E-state index contributed by atoms with van der Waals surface area (Å²) in [7, 11) is 0. The average molecular weight is 285 g/mol. The minimum absolute atomic E-state index is 0.208. The number of fused-ring (bicyclic) bond motifs is 1. The number of unbranched alkanes of at least 4 members (excludes halogenated alkanes) is 1. The van der Waals surface area contributed by atoms with Crippen molar-refractivity contribution >= 4 is 28.7 Å². The van der Waals surface area contributed by atoms with E-state index in [-0.39, 0.29) is 5.78 Å². The third-order valence-corrected chi connectivity index (χ3v) is 5.24. The molecule has 0 spiro atoms. The largest absolute Gasteiger partial charge is 0.293 e. The van der Waals surface area contributed by atoms with Crippen LogP contribution in [0.1, 0.15) is 59.6 Å². The van der Waals surface area contributed by atoms with Crippen LogP contribution >= 0.6 is 22.9 Å². The molecule has 0 amide bonds. The zero-order chi connectivity index (χ0) is 13.2. The van der Waals surface area contributed by atoms with Crippen LogP contribution in [0.15, 0.2) is 6.07 Å². The Morgan fingerprint density at radius 2 is 2.28 bits per heavy atom. The standard InChI is InChI=1S/C15H21ClOS/c1-3-4-6-15(2)9-11-8-13(12(17)5-7-16)18-14(11)10-15/h8H,3-7,9-10H2,1-2H3. The minimum atomic E-state index is 0.208. The third kappa shape index (κ3) is 2.97. The monoisotopic (exact) mass is 284 g/mol. The van der Waals surface area contributed by atoms with Crippen LogP contribution in [0.3, 0.4) is 0 Å². The summed E-state index contributed by atoms with van der Waals surface area (Å²) in [6.07, 6.45) is 6.64. The van der Waals surface area contributed by atoms with E-state index in [0.717, 1.165) is 17.7 Å². The lowest BCUT2D eigenvalue weighted by atomic mass is 9.82. The molecule has 1 unspecified atom stereocenters. The van der Waals surface area contributed by atoms with Crippen molar-refractivity contribution < 1.29 is 4.79 Å². The first kappa shape index (κ1) is 14.1. The van der Waals surface area contributed by atoms with Crippen molar-refractivity contribution in [3.63, 3.8) is 0 Å². The Hall–Kier alpha value is -0.340. The van der Waals surface area contributed by atoms with Crippen LogP contribution in [0, 0.1) is 5.41 Å². The molecule has 1 nitrogen and oxygen atoms in total. The summed E-state index contributed by atoms with van der Waals surface area (Å²) < 4.78 is 0. The molecule has 0 bridgehead atoms. The lowest BCUT2D eigenvalue weighted by Crippen LogP contribution is -2.16. The Kier molecular flexibility index (Phi) is 4.50. The SMILES string of the molecule is CCCCC1(C)Cc2cc(C(=O)CCCl)sc2C1. The predicted octanol–water partition coefficient (Wildman–Crippen LogP) is 4.85. The lowest BCUT2D eigenvalue weighted by Gasteiger charge is -2.23. The zero-order valence-corrected chi connectivity index (χ0v) is 12.8. The van der Waals surface area contributed by atoms with Crippen molar-refractivity contribution in [2.24, 2.45) is 5.41 Å². The maximum Gasteiger partial charge on any atom is 0.173 e. The predicted molar refractivity (Wildman–Crippen MR) is 79.0 cm³/mol. The molecule has 0 fully saturated rings. The van der Waals surface area contributed by atoms with Crippen molar-refractivity contribution in [1.82, 2.24) is 0 Å². The van der Waals surface area contributed by atoms with Crippen LogP contribution in [-0.2, 0) is 12.8 Å². The fourth-order valence-corrected chi connectivity index (χ4v) is 4.34. The molecule has 1 aliphatic carbocycles. The van der Waals surface area contributed by atoms with Crippen LogP contribution in [0.5, 0.6) is 0 Å². The number of thiophene rings is 1. The van der Waals surface area contributed by atoms with E-state index in [1.54, 1.807) is 11.3 Å². The van der Waals surface area contributed by atoms with Crippen LogP contribution in [0.4, 0.5) is 0 Å². The number of carbonyl (C=O) groups excluding carboxylic acids is 1. The topological polar surface area (TPSA) is 17.1 Å². The zero-order valence-electron chi connectivity index (χ0n) is 11.2. The van der Waals surface area contributed by atoms with E-state index in [1.165, 1.54) is 29.7 Å². The molecule has 0 saturated carbocycles. The summed E-state index contributed by atoms with van der Waals surface area (Å²) in [6.45, 7) is 4.63. The Balaban J connectivity index is 2.05. The lowest BCUT2D eigenvalue weighted by molar-refractivity contribution is 0.0993. The van der Waals surface area contributed by atoms with Crippen molar-refractivity contribution in [2.45, 2.75) is 52.4 Å². The van der Waals surface area contributed by atoms with E-state index < -0.39 is 0 Å². The van der Waals surface area contributed by atoms with Crippen LogP contribution in [0.25, 0.3) is 0 Å². The van der Waals surface area contributed by atoms with Gasteiger partial charge in [0.2, 0.25) is 0 Å². The van der Waals surface area contributed by atoms with Gasteiger partial charge in [-0.25, -0.2) is 0 Å². The summed E-state index contributed by atoms with van der Waals surface area (Å²) in [4.78, 5) is 14.2. The molecule has 1 atom stereocenters. The molecule has 18 heavy (non-hydrogen) atoms. The number of hydrogen-bond acceptors (Lipinski definition) is 2. The maximum absolute atomic E-state index is 11.8. The van der Waals surface area contributed by atoms with Crippen molar-refractivity contribution in [3.8, 4) is 0 Å². The molecular weight excluding hydrogens is 264 g/mol. The van der Waals surface area contributed by atoms with Gasteiger partial charge in [0.25, 0.3) is 0 Å². The van der Waals surface area contributed by atoms with Crippen molar-refractivity contribution in [2.75, 3.05) is 5.88 Å². The molecule has 0 N–H and O–H groups in total. The normalized spacial score (nSPS) is 22.2. The summed E-state index contributed by atoms with van der Waals surface area (Å²) in [6, 6.07) is 2.12. The minimum Gasteiger partial charge on any atom is -0.293 e. The van der Waals surface area contributed by atoms with Crippen LogP contribution < -0.4 is 0 Å². The van der Waals surface area contributed by atoms with Gasteiger partial charge in [0.05, 0.1) is 4.88 Å². The second kappa shape index (κ2) is 5.75. The molecule has 2 rings (SSSR count). The van der Waals surface area contributed by atoms with Gasteiger partial charge < -0.3 is 0 Å². The highest BCUT2D eigenvalue weighted by atomic mass is 35.5. The molecule has 0 saturated heterocycles. The molecule has 1 aromatic rings. The van der Waals surface area contributed by atoms with Crippen LogP contribution in [0.2, 0.25) is 0 Å². The van der Waals surface area contributed by atoms with Crippen LogP contribution in [-0.4, -0.2) is 11.7 Å². The molecule has 1 aromatic heterocycles. The number of alkyl halides is 1. The number of rotatable bonds is 6. The van der Waals surface area contributed by atoms with Gasteiger partial charge >= 0.3 is 0 Å². The maximum atomic E-state index is 11.8. The first-order valence-electron chi connectivity index (χ1n) is 6.79. The Morgan fingerprint density at radius 1 is 1.50 bits per heavy atom. The Labute approximate surface area is 119 Å². The highest BCUT2D eigenvalue weighted by Gasteiger charge is 2.34. The van der Waals surface area contributed by atoms with Crippen molar-refractivity contribution in [3.05, 3.63) is 21.4 Å². The van der Waals surface area contributed by atoms with E-state index in [4.69, 9.17) is 11.6 Å². The molecule has 3 heteroatoms. The fraction of sp³-hybridized carbons (Fsp3) is 0.667. The molecule has 0 radical (unpaired) electrons. The summed E-state index contributed by atoms with van der Waals surface area (Å²) in [5.74, 6) is 0.634. The van der Waals surface area contributed by atoms with E-state index in [2.05, 4.69) is 19.9 Å². The molecule has 0 aliphatic heterocycles. The van der Waals surface area contributed by atoms with Gasteiger partial charge in [-0.05, 0) is 36.3 Å². The van der Waals surface area contributed by atoms with E-state index in [1.807, 2.05) is 0 Å². The summed E-state index contributed by atoms with van der Waals surface area (Å²) in [5.41, 5.74) is 1.85. The molecular formula is C15H21ClOS. The van der Waals surface area contributed by atoms with E-state index >= 15 is 0 Å². The van der Waals surface area contributed by atoms with E-state index in [0.29, 0.717) is 17.7 Å². The molecule has 1 aliphatic rings. The second-order valence-electron chi connectivity index (χ2n) is 5.69. The third-order valence-electron chi connectivity index (χ3n) is 3.83. The summed E-state index contributed by atoms with van der Waals surface area (Å²) in [5, 5.41) is 0. The quantitative estimate of drug-likeness (QED) is 0.539. The molecule has 1 heterocycles. The first-order chi connectivity index (χ1) is 8.58. The number of ketones is 1. The number of hydrogen-bond donors (Lipinski definition) is 0. The van der Waals surface area contributed by atoms with Gasteiger partial charge in [0.1, 0.15) is 0 Å². The van der Waals surface area contributed by atoms with Gasteiger partial charge in [0.15, 0.2) is 5.78 Å². The van der Waals surface area contributed by atoms with E-state index in [9.17, 15) is 4.79 Å². The molecule has 0 aromatic carbocycles. The van der Waals surface area contributed by atoms with Gasteiger partial charge in [-0.15, -0.1) is 22.9 Å². The van der Waals surface area contributed by atoms with Gasteiger partial charge in [-0.1, -0.05) is 26.7 Å². The molecule has 100 valence electrons. The first-order valence-corrected chi connectivity index (χ1v) is 8.14. The summed E-state index contributed by atoms with van der Waals surface area (Å²) >= 11 is 7.32. The Bertz CT molecular complexity index is 412. The van der Waals surface area contributed by atoms with Gasteiger partial charge in [-0.2, -0.15) is 0 Å². The van der Waals surface area contributed by atoms with Crippen molar-refractivity contribution in [1.29, 1.82) is 0 Å². The second-order valence-corrected chi connectivity index (χ2v) is 7.20. The number of carbonyl (C=O) groups is 1. The fourth-order valence-electron chi connectivity index (χ4n) is 2.80. The Morgan fingerprint density at radius 3 is 2.89 bits per heavy atom. The number of Topliss-reactive ketones (excluding diaryl/α,β-unsaturated/α-hetero) is 1. The number of halogens is 1. The van der Waals surface area contributed by atoms with Gasteiger partial charge in [0, 0.05) is 17.2 Å². The van der Waals surface area contributed by atoms with Gasteiger partial charge in [-0.3, -0.25) is 4.79 Å². The highest BCUT2D eigenvalue weighted by molar-refractivity contribution is 7.14. The average Bonchev–Trinajstić information content (AvgIpc) is 2.82. The smallest absolute Gasteiger partial charge is 0.173 e.